The summed E-state index contributed by atoms with van der Waals surface area (Å²) in [5.41, 5.74) is 0. The van der Waals surface area contributed by atoms with Crippen molar-refractivity contribution in [3.8, 4) is 0 Å². The molecule has 0 saturated carbocycles. The van der Waals surface area contributed by atoms with E-state index in [1.54, 1.807) is 0 Å². The molecule has 0 aromatic heterocycles. The predicted molar refractivity (Wildman–Crippen MR) is 265 cm³/mol. The molecule has 0 bridgehead atoms. The van der Waals surface area contributed by atoms with Crippen molar-refractivity contribution >= 4 is 69.2 Å². The van der Waals surface area contributed by atoms with Crippen molar-refractivity contribution in [1.82, 2.24) is 0 Å². The third-order valence-electron chi connectivity index (χ3n) is 9.31. The van der Waals surface area contributed by atoms with Gasteiger partial charge in [-0.3, -0.25) is 4.21 Å². The van der Waals surface area contributed by atoms with E-state index in [2.05, 4.69) is 201 Å². The molecule has 308 valence electrons. The zero-order chi connectivity index (χ0) is 40.7. The fourth-order valence-corrected chi connectivity index (χ4v) is 11.8. The Kier molecular flexibility index (Phi) is 27.7. The molecule has 6 aromatic rings. The molecular formula is C53H60OP2RuS2. The first-order valence-electron chi connectivity index (χ1n) is 20.8. The maximum atomic E-state index is 10.6. The Labute approximate surface area is 379 Å². The topological polar surface area (TPSA) is 17.1 Å². The van der Waals surface area contributed by atoms with Crippen LogP contribution in [0.4, 0.5) is 0 Å². The third-order valence-corrected chi connectivity index (χ3v) is 15.3. The summed E-state index contributed by atoms with van der Waals surface area (Å²) in [5.74, 6) is 0.714. The number of unbranched alkanes of at least 4 members (excludes halogenated alkanes) is 9. The third kappa shape index (κ3) is 20.7. The van der Waals surface area contributed by atoms with Gasteiger partial charge >= 0.3 is 19.5 Å². The molecule has 0 amide bonds. The van der Waals surface area contributed by atoms with Gasteiger partial charge in [-0.15, -0.1) is 9.83 Å². The number of hydrogen-bond donors (Lipinski definition) is 0. The molecule has 0 N–H and O–H groups in total. The smallest absolute Gasteiger partial charge is 0.683 e. The minimum atomic E-state index is -0.995. The van der Waals surface area contributed by atoms with Gasteiger partial charge in [-0.1, -0.05) is 271 Å². The average Bonchev–Trinajstić information content (AvgIpc) is 3.88. The largest absolute Gasteiger partial charge is 1.00 e. The van der Waals surface area contributed by atoms with Crippen molar-refractivity contribution in [1.29, 1.82) is 0 Å². The van der Waals surface area contributed by atoms with Crippen molar-refractivity contribution < 1.29 is 23.7 Å². The fraction of sp³-hybridized carbons (Fsp3) is 0.226. The summed E-state index contributed by atoms with van der Waals surface area (Å²) in [6.07, 6.45) is 23.2. The predicted octanol–water partition coefficient (Wildman–Crippen LogP) is 12.3. The van der Waals surface area contributed by atoms with E-state index in [-0.39, 0.29) is 19.5 Å². The number of benzene rings is 6. The molecule has 1 unspecified atom stereocenters. The van der Waals surface area contributed by atoms with Gasteiger partial charge in [0.15, 0.2) is 0 Å². The minimum Gasteiger partial charge on any atom is -0.683 e. The van der Waals surface area contributed by atoms with Crippen LogP contribution in [-0.4, -0.2) is 9.96 Å². The van der Waals surface area contributed by atoms with Crippen LogP contribution in [0.15, 0.2) is 206 Å². The van der Waals surface area contributed by atoms with Crippen molar-refractivity contribution in [2.45, 2.75) is 71.1 Å². The van der Waals surface area contributed by atoms with Crippen molar-refractivity contribution in [2.75, 3.05) is 5.75 Å². The summed E-state index contributed by atoms with van der Waals surface area (Å²) in [7, 11) is -1.89. The standard InChI is InChI=1S/2C18H15P.C12H26OS2.C5H5.Ru/c2*1-4-10-16(11-5-1)19(17-12-6-2-7-13-17)18-14-8-3-9-15-18;1-2-3-4-5-6-7-8-9-10-11-12-15(13)14;1-2-4-5-3-1;/h2*1-15H;2-12H2,1H3,(H,13,14);1-5H;/q;;;;+1/p-1. The summed E-state index contributed by atoms with van der Waals surface area (Å²) < 4.78 is 10.6. The summed E-state index contributed by atoms with van der Waals surface area (Å²) >= 11 is 4.61. The summed E-state index contributed by atoms with van der Waals surface area (Å²) in [5, 5.41) is 8.39. The molecule has 0 aliphatic heterocycles. The Bertz CT molecular complexity index is 1650. The van der Waals surface area contributed by atoms with Crippen LogP contribution in [0.25, 0.3) is 0 Å². The van der Waals surface area contributed by atoms with Gasteiger partial charge in [-0.25, -0.2) is 0 Å². The number of rotatable bonds is 17. The van der Waals surface area contributed by atoms with Crippen molar-refractivity contribution in [3.05, 3.63) is 213 Å². The number of allylic oxidation sites excluding steroid dienone is 4. The molecule has 7 rings (SSSR count). The first-order chi connectivity index (χ1) is 28.7. The fourth-order valence-electron chi connectivity index (χ4n) is 6.38. The second-order valence-electron chi connectivity index (χ2n) is 13.8. The van der Waals surface area contributed by atoms with Crippen molar-refractivity contribution in [2.24, 2.45) is 0 Å². The maximum Gasteiger partial charge on any atom is 1.00 e. The van der Waals surface area contributed by atoms with Gasteiger partial charge in [0.25, 0.3) is 0 Å². The molecule has 1 aliphatic rings. The molecular weight excluding hydrogens is 880 g/mol. The van der Waals surface area contributed by atoms with E-state index in [1.807, 2.05) is 30.7 Å². The van der Waals surface area contributed by atoms with E-state index < -0.39 is 25.7 Å². The molecule has 59 heavy (non-hydrogen) atoms. The van der Waals surface area contributed by atoms with Crippen LogP contribution in [0.5, 0.6) is 0 Å². The van der Waals surface area contributed by atoms with E-state index in [0.717, 1.165) is 6.42 Å². The van der Waals surface area contributed by atoms with Gasteiger partial charge in [-0.2, -0.15) is 0 Å². The summed E-state index contributed by atoms with van der Waals surface area (Å²) in [6.45, 7) is 2.25. The Balaban J connectivity index is 0.000000223. The SMILES string of the molecule is CCCCCCCCCCCCS(=O)[S-].[CH]1C=CC=C1.[Ru+].c1ccc(P(c2ccccc2)c2ccccc2)cc1.c1ccc(P(c2ccccc2)c2ccccc2)cc1. The minimum absolute atomic E-state index is 0. The van der Waals surface area contributed by atoms with Crippen LogP contribution in [0.2, 0.25) is 0 Å². The van der Waals surface area contributed by atoms with Gasteiger partial charge < -0.3 is 11.7 Å². The van der Waals surface area contributed by atoms with E-state index in [4.69, 9.17) is 0 Å². The maximum absolute atomic E-state index is 10.6. The number of hydrogen-bond acceptors (Lipinski definition) is 2. The molecule has 1 atom stereocenters. The van der Waals surface area contributed by atoms with Crippen LogP contribution in [0, 0.1) is 6.42 Å². The molecule has 2 radical (unpaired) electrons. The molecule has 6 aromatic carbocycles. The Hall–Kier alpha value is -3.22. The monoisotopic (exact) mass is 940 g/mol. The Morgan fingerprint density at radius 1 is 0.373 bits per heavy atom. The van der Waals surface area contributed by atoms with Gasteiger partial charge in [0.1, 0.15) is 0 Å². The van der Waals surface area contributed by atoms with Gasteiger partial charge in [0.2, 0.25) is 0 Å². The van der Waals surface area contributed by atoms with Gasteiger partial charge in [-0.05, 0) is 59.8 Å². The molecule has 1 nitrogen and oxygen atoms in total. The van der Waals surface area contributed by atoms with E-state index in [1.165, 1.54) is 89.6 Å². The first-order valence-corrected chi connectivity index (χ1v) is 25.7. The van der Waals surface area contributed by atoms with Crippen LogP contribution < -0.4 is 31.8 Å². The van der Waals surface area contributed by atoms with Gasteiger partial charge in [0, 0.05) is 6.42 Å². The quantitative estimate of drug-likeness (QED) is 0.0298. The van der Waals surface area contributed by atoms with E-state index >= 15 is 0 Å². The molecule has 1 aliphatic carbocycles. The van der Waals surface area contributed by atoms with Crippen LogP contribution in [-0.2, 0) is 41.0 Å². The molecule has 6 heteroatoms. The summed E-state index contributed by atoms with van der Waals surface area (Å²) in [4.78, 5) is 0. The molecule has 0 heterocycles. The van der Waals surface area contributed by atoms with Crippen LogP contribution in [0.1, 0.15) is 71.1 Å². The molecule has 0 saturated heterocycles. The second-order valence-corrected chi connectivity index (χ2v) is 20.4. The molecule has 0 spiro atoms. The van der Waals surface area contributed by atoms with Gasteiger partial charge in [0.05, 0.1) is 0 Å². The summed E-state index contributed by atoms with van der Waals surface area (Å²) in [6, 6.07) is 64.7. The Morgan fingerprint density at radius 3 is 0.814 bits per heavy atom. The molecule has 0 fully saturated rings. The zero-order valence-corrected chi connectivity index (χ0v) is 39.6. The van der Waals surface area contributed by atoms with E-state index in [9.17, 15) is 4.21 Å². The first kappa shape index (κ1) is 50.1. The average molecular weight is 940 g/mol. The zero-order valence-electron chi connectivity index (χ0n) is 34.5. The van der Waals surface area contributed by atoms with Crippen LogP contribution >= 0.6 is 15.8 Å². The van der Waals surface area contributed by atoms with Crippen LogP contribution in [0.3, 0.4) is 0 Å². The Morgan fingerprint density at radius 2 is 0.610 bits per heavy atom. The normalized spacial score (nSPS) is 11.6. The van der Waals surface area contributed by atoms with E-state index in [0.29, 0.717) is 5.75 Å². The second kappa shape index (κ2) is 32.5. The van der Waals surface area contributed by atoms with Crippen molar-refractivity contribution in [3.63, 3.8) is 0 Å².